The van der Waals surface area contributed by atoms with Crippen molar-refractivity contribution in [2.45, 2.75) is 52.6 Å². The molecule has 0 aliphatic heterocycles. The van der Waals surface area contributed by atoms with Crippen molar-refractivity contribution in [3.8, 4) is 0 Å². The molecular weight excluding hydrogens is 176 g/mol. The third kappa shape index (κ3) is 2.54. The van der Waals surface area contributed by atoms with E-state index in [9.17, 15) is 0 Å². The van der Waals surface area contributed by atoms with E-state index in [0.29, 0.717) is 6.54 Å². The number of nitrogens with two attached hydrogens (primary N) is 1. The Morgan fingerprint density at radius 2 is 1.86 bits per heavy atom. The Balaban J connectivity index is 2.61. The number of aromatic nitrogens is 3. The Labute approximate surface area is 85.5 Å². The Morgan fingerprint density at radius 1 is 1.14 bits per heavy atom. The van der Waals surface area contributed by atoms with Gasteiger partial charge in [-0.1, -0.05) is 19.8 Å². The molecule has 4 nitrogen and oxygen atoms in total. The molecule has 0 aliphatic rings. The van der Waals surface area contributed by atoms with Gasteiger partial charge in [-0.05, 0) is 13.3 Å². The van der Waals surface area contributed by atoms with E-state index in [1.807, 2.05) is 0 Å². The van der Waals surface area contributed by atoms with Gasteiger partial charge in [0.2, 0.25) is 0 Å². The fourth-order valence-corrected chi connectivity index (χ4v) is 1.61. The number of hydrogen-bond acceptors (Lipinski definition) is 3. The number of rotatable bonds is 6. The van der Waals surface area contributed by atoms with Crippen LogP contribution in [-0.2, 0) is 19.5 Å². The van der Waals surface area contributed by atoms with Gasteiger partial charge in [0.25, 0.3) is 0 Å². The maximum atomic E-state index is 5.57. The first-order valence-electron chi connectivity index (χ1n) is 5.44. The molecule has 4 heteroatoms. The molecule has 0 aromatic carbocycles. The maximum Gasteiger partial charge on any atom is 0.146 e. The van der Waals surface area contributed by atoms with Crippen LogP contribution in [0.5, 0.6) is 0 Å². The van der Waals surface area contributed by atoms with Crippen LogP contribution in [0.25, 0.3) is 0 Å². The summed E-state index contributed by atoms with van der Waals surface area (Å²) < 4.78 is 2.12. The summed E-state index contributed by atoms with van der Waals surface area (Å²) in [5.41, 5.74) is 5.57. The van der Waals surface area contributed by atoms with E-state index in [1.165, 1.54) is 19.3 Å². The molecule has 1 rings (SSSR count). The largest absolute Gasteiger partial charge is 0.324 e. The quantitative estimate of drug-likeness (QED) is 0.701. The summed E-state index contributed by atoms with van der Waals surface area (Å²) in [6.07, 6.45) is 4.71. The van der Waals surface area contributed by atoms with Gasteiger partial charge in [0.05, 0.1) is 6.54 Å². The summed E-state index contributed by atoms with van der Waals surface area (Å²) in [6, 6.07) is 0. The van der Waals surface area contributed by atoms with Gasteiger partial charge < -0.3 is 10.3 Å². The summed E-state index contributed by atoms with van der Waals surface area (Å²) in [5.74, 6) is 1.99. The van der Waals surface area contributed by atoms with Crippen molar-refractivity contribution >= 4 is 0 Å². The summed E-state index contributed by atoms with van der Waals surface area (Å²) in [4.78, 5) is 0. The van der Waals surface area contributed by atoms with Crippen LogP contribution in [0.4, 0.5) is 0 Å². The van der Waals surface area contributed by atoms with E-state index in [0.717, 1.165) is 24.6 Å². The molecule has 0 saturated carbocycles. The second kappa shape index (κ2) is 5.75. The summed E-state index contributed by atoms with van der Waals surface area (Å²) in [5, 5.41) is 8.23. The number of hydrogen-bond donors (Lipinski definition) is 1. The van der Waals surface area contributed by atoms with E-state index in [4.69, 9.17) is 5.73 Å². The topological polar surface area (TPSA) is 56.7 Å². The Hall–Kier alpha value is -0.900. The maximum absolute atomic E-state index is 5.57. The lowest BCUT2D eigenvalue weighted by atomic mass is 10.2. The molecule has 1 aromatic rings. The minimum Gasteiger partial charge on any atom is -0.324 e. The number of nitrogens with zero attached hydrogens (tertiary/aromatic N) is 3. The smallest absolute Gasteiger partial charge is 0.146 e. The molecule has 0 bridgehead atoms. The first-order valence-corrected chi connectivity index (χ1v) is 5.44. The molecule has 1 heterocycles. The molecule has 80 valence electrons. The second-order valence-corrected chi connectivity index (χ2v) is 3.44. The lowest BCUT2D eigenvalue weighted by Gasteiger charge is -2.05. The molecule has 0 spiro atoms. The van der Waals surface area contributed by atoms with E-state index in [2.05, 4.69) is 28.6 Å². The van der Waals surface area contributed by atoms with Crippen molar-refractivity contribution in [2.24, 2.45) is 5.73 Å². The highest BCUT2D eigenvalue weighted by Gasteiger charge is 2.07. The van der Waals surface area contributed by atoms with Gasteiger partial charge >= 0.3 is 0 Å². The average Bonchev–Trinajstić information content (AvgIpc) is 2.60. The fraction of sp³-hybridized carbons (Fsp3) is 0.800. The highest BCUT2D eigenvalue weighted by Crippen LogP contribution is 2.06. The molecule has 2 N–H and O–H groups in total. The fourth-order valence-electron chi connectivity index (χ4n) is 1.61. The van der Waals surface area contributed by atoms with Gasteiger partial charge in [0.15, 0.2) is 0 Å². The first kappa shape index (κ1) is 11.2. The lowest BCUT2D eigenvalue weighted by Crippen LogP contribution is -2.09. The SMILES string of the molecule is CCCCCc1nnc(CN)n1CC. The molecule has 0 saturated heterocycles. The van der Waals surface area contributed by atoms with E-state index in [-0.39, 0.29) is 0 Å². The summed E-state index contributed by atoms with van der Waals surface area (Å²) >= 11 is 0. The third-order valence-corrected chi connectivity index (χ3v) is 2.41. The lowest BCUT2D eigenvalue weighted by molar-refractivity contribution is 0.623. The molecule has 0 amide bonds. The molecule has 0 unspecified atom stereocenters. The molecule has 0 atom stereocenters. The van der Waals surface area contributed by atoms with Crippen LogP contribution in [-0.4, -0.2) is 14.8 Å². The van der Waals surface area contributed by atoms with Gasteiger partial charge in [-0.2, -0.15) is 0 Å². The Morgan fingerprint density at radius 3 is 2.43 bits per heavy atom. The van der Waals surface area contributed by atoms with E-state index >= 15 is 0 Å². The van der Waals surface area contributed by atoms with Crippen LogP contribution < -0.4 is 5.73 Å². The Kier molecular flexibility index (Phi) is 4.59. The molecule has 1 aromatic heterocycles. The first-order chi connectivity index (χ1) is 6.83. The van der Waals surface area contributed by atoms with Gasteiger partial charge in [0.1, 0.15) is 11.6 Å². The Bertz CT molecular complexity index is 267. The zero-order chi connectivity index (χ0) is 10.4. The zero-order valence-corrected chi connectivity index (χ0v) is 9.16. The predicted octanol–water partition coefficient (Wildman–Crippen LogP) is 1.49. The average molecular weight is 196 g/mol. The van der Waals surface area contributed by atoms with Gasteiger partial charge in [0, 0.05) is 13.0 Å². The second-order valence-electron chi connectivity index (χ2n) is 3.44. The highest BCUT2D eigenvalue weighted by molar-refractivity contribution is 4.95. The minimum absolute atomic E-state index is 0.481. The molecule has 0 aliphatic carbocycles. The van der Waals surface area contributed by atoms with Crippen LogP contribution in [0, 0.1) is 0 Å². The van der Waals surface area contributed by atoms with E-state index in [1.54, 1.807) is 0 Å². The molecule has 0 fully saturated rings. The molecular formula is C10H20N4. The van der Waals surface area contributed by atoms with Crippen LogP contribution in [0.3, 0.4) is 0 Å². The van der Waals surface area contributed by atoms with Crippen LogP contribution in [0.15, 0.2) is 0 Å². The van der Waals surface area contributed by atoms with Gasteiger partial charge in [-0.15, -0.1) is 10.2 Å². The highest BCUT2D eigenvalue weighted by atomic mass is 15.3. The van der Waals surface area contributed by atoms with E-state index < -0.39 is 0 Å². The number of unbranched alkanes of at least 4 members (excludes halogenated alkanes) is 2. The van der Waals surface area contributed by atoms with Crippen molar-refractivity contribution in [2.75, 3.05) is 0 Å². The molecule has 0 radical (unpaired) electrons. The normalized spacial score (nSPS) is 10.8. The van der Waals surface area contributed by atoms with Crippen LogP contribution >= 0.6 is 0 Å². The van der Waals surface area contributed by atoms with Crippen molar-refractivity contribution in [3.05, 3.63) is 11.6 Å². The predicted molar refractivity (Wildman–Crippen MR) is 56.8 cm³/mol. The standard InChI is InChI=1S/C10H20N4/c1-3-5-6-7-9-12-13-10(8-11)14(9)4-2/h3-8,11H2,1-2H3. The molecule has 14 heavy (non-hydrogen) atoms. The van der Waals surface area contributed by atoms with Gasteiger partial charge in [-0.25, -0.2) is 0 Å². The van der Waals surface area contributed by atoms with Crippen molar-refractivity contribution in [1.82, 2.24) is 14.8 Å². The zero-order valence-electron chi connectivity index (χ0n) is 9.16. The summed E-state index contributed by atoms with van der Waals surface area (Å²) in [7, 11) is 0. The summed E-state index contributed by atoms with van der Waals surface area (Å²) in [6.45, 7) is 5.71. The van der Waals surface area contributed by atoms with Crippen molar-refractivity contribution in [1.29, 1.82) is 0 Å². The van der Waals surface area contributed by atoms with Crippen molar-refractivity contribution < 1.29 is 0 Å². The van der Waals surface area contributed by atoms with Crippen LogP contribution in [0.2, 0.25) is 0 Å². The monoisotopic (exact) mass is 196 g/mol. The minimum atomic E-state index is 0.481. The third-order valence-electron chi connectivity index (χ3n) is 2.41. The van der Waals surface area contributed by atoms with Gasteiger partial charge in [-0.3, -0.25) is 0 Å². The van der Waals surface area contributed by atoms with Crippen LogP contribution in [0.1, 0.15) is 44.8 Å². The van der Waals surface area contributed by atoms with Crippen molar-refractivity contribution in [3.63, 3.8) is 0 Å². The number of aryl methyl sites for hydroxylation is 1.